The van der Waals surface area contributed by atoms with Crippen molar-refractivity contribution in [3.05, 3.63) is 56.4 Å². The smallest absolute Gasteiger partial charge is 0.123 e. The number of hydrogen-bond acceptors (Lipinski definition) is 3. The first-order chi connectivity index (χ1) is 8.19. The molecule has 5 heteroatoms. The van der Waals surface area contributed by atoms with Crippen molar-refractivity contribution in [1.82, 2.24) is 5.43 Å². The van der Waals surface area contributed by atoms with Crippen LogP contribution in [0.4, 0.5) is 4.39 Å². The molecule has 1 atom stereocenters. The van der Waals surface area contributed by atoms with E-state index < -0.39 is 0 Å². The number of nitrogens with one attached hydrogen (secondary N) is 1. The summed E-state index contributed by atoms with van der Waals surface area (Å²) in [5.41, 5.74) is 3.69. The van der Waals surface area contributed by atoms with E-state index in [2.05, 4.69) is 21.4 Å². The molecule has 2 aromatic rings. The van der Waals surface area contributed by atoms with E-state index in [-0.39, 0.29) is 11.9 Å². The lowest BCUT2D eigenvalue weighted by Gasteiger charge is -2.14. The standard InChI is InChI=1S/C12H12BrFN2S/c13-12-5-4-11(17-12)10(16-15)7-8-2-1-3-9(14)6-8/h1-6,10,16H,7,15H2. The molecule has 1 aromatic carbocycles. The Bertz CT molecular complexity index is 501. The second-order valence-corrected chi connectivity index (χ2v) is 6.19. The minimum absolute atomic E-state index is 0.00750. The van der Waals surface area contributed by atoms with E-state index in [1.807, 2.05) is 18.2 Å². The molecule has 0 saturated carbocycles. The molecule has 17 heavy (non-hydrogen) atoms. The molecule has 0 spiro atoms. The van der Waals surface area contributed by atoms with Gasteiger partial charge in [0.05, 0.1) is 9.83 Å². The number of hydrazine groups is 1. The summed E-state index contributed by atoms with van der Waals surface area (Å²) in [6, 6.07) is 10.6. The van der Waals surface area contributed by atoms with E-state index in [4.69, 9.17) is 5.84 Å². The third-order valence-electron chi connectivity index (χ3n) is 2.47. The molecule has 3 N–H and O–H groups in total. The van der Waals surface area contributed by atoms with Crippen LogP contribution in [0.5, 0.6) is 0 Å². The van der Waals surface area contributed by atoms with Gasteiger partial charge in [0.1, 0.15) is 5.82 Å². The van der Waals surface area contributed by atoms with Crippen LogP contribution >= 0.6 is 27.3 Å². The summed E-state index contributed by atoms with van der Waals surface area (Å²) in [4.78, 5) is 1.13. The summed E-state index contributed by atoms with van der Waals surface area (Å²) in [5, 5.41) is 0. The Morgan fingerprint density at radius 3 is 2.76 bits per heavy atom. The fraction of sp³-hybridized carbons (Fsp3) is 0.167. The van der Waals surface area contributed by atoms with E-state index in [1.165, 1.54) is 12.1 Å². The van der Waals surface area contributed by atoms with E-state index >= 15 is 0 Å². The summed E-state index contributed by atoms with van der Waals surface area (Å²) in [7, 11) is 0. The zero-order valence-corrected chi connectivity index (χ0v) is 11.4. The molecule has 0 fully saturated rings. The lowest BCUT2D eigenvalue weighted by Crippen LogP contribution is -2.28. The van der Waals surface area contributed by atoms with E-state index in [0.29, 0.717) is 6.42 Å². The summed E-state index contributed by atoms with van der Waals surface area (Å²) < 4.78 is 14.1. The van der Waals surface area contributed by atoms with Gasteiger partial charge < -0.3 is 0 Å². The third kappa shape index (κ3) is 3.35. The van der Waals surface area contributed by atoms with Gasteiger partial charge in [0, 0.05) is 4.88 Å². The Morgan fingerprint density at radius 2 is 2.18 bits per heavy atom. The summed E-state index contributed by atoms with van der Waals surface area (Å²) in [5.74, 6) is 5.33. The lowest BCUT2D eigenvalue weighted by atomic mass is 10.1. The molecular weight excluding hydrogens is 303 g/mol. The van der Waals surface area contributed by atoms with Gasteiger partial charge >= 0.3 is 0 Å². The molecule has 1 unspecified atom stereocenters. The van der Waals surface area contributed by atoms with Crippen molar-refractivity contribution in [3.63, 3.8) is 0 Å². The second kappa shape index (κ2) is 5.73. The summed E-state index contributed by atoms with van der Waals surface area (Å²) in [6.07, 6.45) is 0.668. The monoisotopic (exact) mass is 314 g/mol. The maximum Gasteiger partial charge on any atom is 0.123 e. The molecule has 1 heterocycles. The number of hydrogen-bond donors (Lipinski definition) is 2. The molecule has 0 aliphatic carbocycles. The van der Waals surface area contributed by atoms with Gasteiger partial charge in [-0.2, -0.15) is 0 Å². The van der Waals surface area contributed by atoms with Crippen LogP contribution in [0, 0.1) is 5.82 Å². The first-order valence-corrected chi connectivity index (χ1v) is 6.76. The van der Waals surface area contributed by atoms with Crippen molar-refractivity contribution in [3.8, 4) is 0 Å². The quantitative estimate of drug-likeness (QED) is 0.670. The van der Waals surface area contributed by atoms with Crippen molar-refractivity contribution in [2.24, 2.45) is 5.84 Å². The van der Waals surface area contributed by atoms with Gasteiger partial charge in [0.25, 0.3) is 0 Å². The van der Waals surface area contributed by atoms with Crippen LogP contribution in [0.25, 0.3) is 0 Å². The molecule has 0 aliphatic heterocycles. The van der Waals surface area contributed by atoms with Gasteiger partial charge in [-0.05, 0) is 52.2 Å². The highest BCUT2D eigenvalue weighted by molar-refractivity contribution is 9.11. The average molecular weight is 315 g/mol. The van der Waals surface area contributed by atoms with E-state index in [0.717, 1.165) is 14.2 Å². The predicted octanol–water partition coefficient (Wildman–Crippen LogP) is 3.40. The molecule has 0 amide bonds. The van der Waals surface area contributed by atoms with Crippen LogP contribution in [-0.4, -0.2) is 0 Å². The van der Waals surface area contributed by atoms with Crippen molar-refractivity contribution in [2.75, 3.05) is 0 Å². The molecule has 0 radical (unpaired) electrons. The lowest BCUT2D eigenvalue weighted by molar-refractivity contribution is 0.557. The van der Waals surface area contributed by atoms with E-state index in [1.54, 1.807) is 17.4 Å². The normalized spacial score (nSPS) is 12.6. The van der Waals surface area contributed by atoms with Gasteiger partial charge in [0.15, 0.2) is 0 Å². The highest BCUT2D eigenvalue weighted by atomic mass is 79.9. The van der Waals surface area contributed by atoms with Gasteiger partial charge in [-0.25, -0.2) is 4.39 Å². The molecule has 2 rings (SSSR count). The third-order valence-corrected chi connectivity index (χ3v) is 4.20. The minimum Gasteiger partial charge on any atom is -0.271 e. The largest absolute Gasteiger partial charge is 0.271 e. The molecule has 0 bridgehead atoms. The fourth-order valence-corrected chi connectivity index (χ4v) is 3.14. The number of halogens is 2. The van der Waals surface area contributed by atoms with Crippen LogP contribution in [0.1, 0.15) is 16.5 Å². The number of rotatable bonds is 4. The Kier molecular flexibility index (Phi) is 4.28. The van der Waals surface area contributed by atoms with Crippen molar-refractivity contribution in [2.45, 2.75) is 12.5 Å². The molecular formula is C12H12BrFN2S. The Hall–Kier alpha value is -0.750. The summed E-state index contributed by atoms with van der Waals surface area (Å²) >= 11 is 5.04. The molecule has 1 aromatic heterocycles. The minimum atomic E-state index is -0.217. The van der Waals surface area contributed by atoms with Crippen molar-refractivity contribution < 1.29 is 4.39 Å². The van der Waals surface area contributed by atoms with Gasteiger partial charge in [-0.15, -0.1) is 11.3 Å². The van der Waals surface area contributed by atoms with Gasteiger partial charge in [-0.1, -0.05) is 12.1 Å². The molecule has 0 aliphatic rings. The molecule has 90 valence electrons. The second-order valence-electron chi connectivity index (χ2n) is 3.70. The fourth-order valence-electron chi connectivity index (χ4n) is 1.66. The van der Waals surface area contributed by atoms with E-state index in [9.17, 15) is 4.39 Å². The SMILES string of the molecule is NNC(Cc1cccc(F)c1)c1ccc(Br)s1. The van der Waals surface area contributed by atoms with Crippen molar-refractivity contribution >= 4 is 27.3 Å². The summed E-state index contributed by atoms with van der Waals surface area (Å²) in [6.45, 7) is 0. The number of benzene rings is 1. The van der Waals surface area contributed by atoms with Gasteiger partial charge in [0.2, 0.25) is 0 Å². The van der Waals surface area contributed by atoms with Crippen LogP contribution in [0.15, 0.2) is 40.2 Å². The highest BCUT2D eigenvalue weighted by Gasteiger charge is 2.13. The van der Waals surface area contributed by atoms with Crippen LogP contribution < -0.4 is 11.3 Å². The van der Waals surface area contributed by atoms with Crippen LogP contribution in [-0.2, 0) is 6.42 Å². The number of thiophene rings is 1. The Morgan fingerprint density at radius 1 is 1.35 bits per heavy atom. The Balaban J connectivity index is 2.15. The van der Waals surface area contributed by atoms with Crippen molar-refractivity contribution in [1.29, 1.82) is 0 Å². The molecule has 0 saturated heterocycles. The first kappa shape index (κ1) is 12.7. The zero-order chi connectivity index (χ0) is 12.3. The van der Waals surface area contributed by atoms with Crippen LogP contribution in [0.3, 0.4) is 0 Å². The first-order valence-electron chi connectivity index (χ1n) is 5.15. The maximum absolute atomic E-state index is 13.1. The molecule has 2 nitrogen and oxygen atoms in total. The highest BCUT2D eigenvalue weighted by Crippen LogP contribution is 2.28. The van der Waals surface area contributed by atoms with Gasteiger partial charge in [-0.3, -0.25) is 11.3 Å². The maximum atomic E-state index is 13.1. The number of nitrogens with two attached hydrogens (primary N) is 1. The predicted molar refractivity (Wildman–Crippen MR) is 72.2 cm³/mol. The topological polar surface area (TPSA) is 38.0 Å². The Labute approximate surface area is 112 Å². The zero-order valence-electron chi connectivity index (χ0n) is 8.99. The van der Waals surface area contributed by atoms with Crippen LogP contribution in [0.2, 0.25) is 0 Å². The average Bonchev–Trinajstić information content (AvgIpc) is 2.73.